The maximum Gasteiger partial charge on any atom is 0.302 e. The number of esters is 1. The monoisotopic (exact) mass is 282 g/mol. The van der Waals surface area contributed by atoms with Gasteiger partial charge >= 0.3 is 5.97 Å². The molecule has 88 valence electrons. The van der Waals surface area contributed by atoms with Crippen molar-refractivity contribution in [3.63, 3.8) is 0 Å². The van der Waals surface area contributed by atoms with Gasteiger partial charge in [-0.05, 0) is 0 Å². The highest BCUT2D eigenvalue weighted by Gasteiger charge is 2.41. The Morgan fingerprint density at radius 1 is 1.47 bits per heavy atom. The predicted molar refractivity (Wildman–Crippen MR) is 55.4 cm³/mol. The molecule has 1 rings (SSSR count). The summed E-state index contributed by atoms with van der Waals surface area (Å²) in [7, 11) is 0. The summed E-state index contributed by atoms with van der Waals surface area (Å²) < 4.78 is 10.1. The number of aliphatic hydroxyl groups is 2. The minimum absolute atomic E-state index is 0.0532. The van der Waals surface area contributed by atoms with Gasteiger partial charge < -0.3 is 19.7 Å². The Kier molecular flexibility index (Phi) is 4.51. The molecule has 4 unspecified atom stereocenters. The van der Waals surface area contributed by atoms with Crippen molar-refractivity contribution in [1.29, 1.82) is 0 Å². The number of aliphatic hydroxyl groups excluding tert-OH is 2. The van der Waals surface area contributed by atoms with Gasteiger partial charge in [-0.3, -0.25) is 4.79 Å². The Morgan fingerprint density at radius 2 is 2.07 bits per heavy atom. The van der Waals surface area contributed by atoms with Crippen molar-refractivity contribution in [3.8, 4) is 0 Å². The number of alkyl halides is 1. The highest BCUT2D eigenvalue weighted by Crippen LogP contribution is 2.29. The summed E-state index contributed by atoms with van der Waals surface area (Å²) in [5.41, 5.74) is 0. The maximum absolute atomic E-state index is 10.6. The highest BCUT2D eigenvalue weighted by atomic mass is 79.9. The number of carbonyl (C=O) groups is 1. The van der Waals surface area contributed by atoms with Crippen molar-refractivity contribution in [2.24, 2.45) is 5.92 Å². The van der Waals surface area contributed by atoms with E-state index in [4.69, 9.17) is 9.47 Å². The lowest BCUT2D eigenvalue weighted by molar-refractivity contribution is -0.188. The minimum Gasteiger partial charge on any atom is -0.463 e. The third-order valence-electron chi connectivity index (χ3n) is 2.44. The quantitative estimate of drug-likeness (QED) is 0.552. The van der Waals surface area contributed by atoms with E-state index in [2.05, 4.69) is 15.9 Å². The van der Waals surface area contributed by atoms with Crippen molar-refractivity contribution >= 4 is 21.9 Å². The number of ether oxygens (including phenoxy) is 2. The van der Waals surface area contributed by atoms with Crippen molar-refractivity contribution in [1.82, 2.24) is 0 Å². The molecule has 5 nitrogen and oxygen atoms in total. The van der Waals surface area contributed by atoms with Gasteiger partial charge in [0.05, 0.1) is 6.10 Å². The molecule has 0 aromatic rings. The van der Waals surface area contributed by atoms with Crippen molar-refractivity contribution < 1.29 is 24.5 Å². The van der Waals surface area contributed by atoms with Crippen LogP contribution in [0.4, 0.5) is 0 Å². The molecule has 0 saturated carbocycles. The van der Waals surface area contributed by atoms with Crippen LogP contribution in [-0.4, -0.2) is 46.1 Å². The number of rotatable bonds is 2. The van der Waals surface area contributed by atoms with Crippen LogP contribution in [0.15, 0.2) is 0 Å². The zero-order valence-electron chi connectivity index (χ0n) is 8.59. The molecule has 0 bridgehead atoms. The summed E-state index contributed by atoms with van der Waals surface area (Å²) in [6, 6.07) is 0. The zero-order chi connectivity index (χ0) is 11.6. The van der Waals surface area contributed by atoms with E-state index >= 15 is 0 Å². The first-order chi connectivity index (χ1) is 6.93. The summed E-state index contributed by atoms with van der Waals surface area (Å²) >= 11 is 3.24. The van der Waals surface area contributed by atoms with Crippen LogP contribution < -0.4 is 0 Å². The topological polar surface area (TPSA) is 76.0 Å². The Balaban J connectivity index is 2.54. The van der Waals surface area contributed by atoms with Crippen LogP contribution >= 0.6 is 15.9 Å². The SMILES string of the molecule is CC(=O)OCC1OC(Br)C(C)C(O)[C@@H]1O. The van der Waals surface area contributed by atoms with E-state index in [1.807, 2.05) is 0 Å². The van der Waals surface area contributed by atoms with Gasteiger partial charge in [0.2, 0.25) is 0 Å². The normalized spacial score (nSPS) is 41.3. The number of carbonyl (C=O) groups excluding carboxylic acids is 1. The van der Waals surface area contributed by atoms with Gasteiger partial charge in [-0.25, -0.2) is 0 Å². The van der Waals surface area contributed by atoms with Crippen LogP contribution in [0, 0.1) is 5.92 Å². The van der Waals surface area contributed by atoms with Gasteiger partial charge in [0.15, 0.2) is 0 Å². The zero-order valence-corrected chi connectivity index (χ0v) is 10.2. The van der Waals surface area contributed by atoms with Crippen molar-refractivity contribution in [2.45, 2.75) is 37.2 Å². The third kappa shape index (κ3) is 3.14. The second-order valence-corrected chi connectivity index (χ2v) is 4.57. The fraction of sp³-hybridized carbons (Fsp3) is 0.889. The Labute approximate surface area is 96.5 Å². The molecule has 1 heterocycles. The molecule has 0 spiro atoms. The van der Waals surface area contributed by atoms with E-state index in [1.54, 1.807) is 6.92 Å². The van der Waals surface area contributed by atoms with Gasteiger partial charge in [-0.15, -0.1) is 0 Å². The van der Waals surface area contributed by atoms with Crippen LogP contribution in [0.25, 0.3) is 0 Å². The van der Waals surface area contributed by atoms with Crippen LogP contribution in [0.3, 0.4) is 0 Å². The van der Waals surface area contributed by atoms with Crippen molar-refractivity contribution in [2.75, 3.05) is 6.61 Å². The molecule has 2 N–H and O–H groups in total. The molecule has 5 atom stereocenters. The van der Waals surface area contributed by atoms with Crippen LogP contribution in [0.5, 0.6) is 0 Å². The largest absolute Gasteiger partial charge is 0.463 e. The van der Waals surface area contributed by atoms with E-state index in [0.29, 0.717) is 0 Å². The lowest BCUT2D eigenvalue weighted by Gasteiger charge is -2.38. The third-order valence-corrected chi connectivity index (χ3v) is 3.49. The van der Waals surface area contributed by atoms with Gasteiger partial charge in [0.1, 0.15) is 23.8 Å². The first kappa shape index (κ1) is 12.9. The first-order valence-electron chi connectivity index (χ1n) is 4.72. The Bertz CT molecular complexity index is 235. The van der Waals surface area contributed by atoms with Gasteiger partial charge in [-0.2, -0.15) is 0 Å². The average molecular weight is 283 g/mol. The molecule has 0 aliphatic carbocycles. The Hall–Kier alpha value is -0.170. The molecule has 15 heavy (non-hydrogen) atoms. The number of halogens is 1. The number of hydrogen-bond donors (Lipinski definition) is 2. The van der Waals surface area contributed by atoms with E-state index in [1.165, 1.54) is 6.92 Å². The second kappa shape index (κ2) is 5.25. The molecule has 0 radical (unpaired) electrons. The average Bonchev–Trinajstić information content (AvgIpc) is 2.18. The molecule has 1 aliphatic rings. The highest BCUT2D eigenvalue weighted by molar-refractivity contribution is 9.09. The molecule has 1 aliphatic heterocycles. The fourth-order valence-corrected chi connectivity index (χ4v) is 1.98. The summed E-state index contributed by atoms with van der Waals surface area (Å²) in [6.07, 6.45) is -2.61. The lowest BCUT2D eigenvalue weighted by Crippen LogP contribution is -2.53. The van der Waals surface area contributed by atoms with Gasteiger partial charge in [0.25, 0.3) is 0 Å². The summed E-state index contributed by atoms with van der Waals surface area (Å²) in [5, 5.41) is 19.0. The van der Waals surface area contributed by atoms with E-state index in [9.17, 15) is 15.0 Å². The molecule has 1 fully saturated rings. The lowest BCUT2D eigenvalue weighted by atomic mass is 9.94. The fourth-order valence-electron chi connectivity index (χ4n) is 1.39. The van der Waals surface area contributed by atoms with Gasteiger partial charge in [0, 0.05) is 12.8 Å². The summed E-state index contributed by atoms with van der Waals surface area (Å²) in [6.45, 7) is 2.98. The predicted octanol–water partition coefficient (Wildman–Crippen LogP) is 0.0272. The summed E-state index contributed by atoms with van der Waals surface area (Å²) in [4.78, 5) is 10.6. The molecule has 6 heteroatoms. The van der Waals surface area contributed by atoms with Crippen molar-refractivity contribution in [3.05, 3.63) is 0 Å². The van der Waals surface area contributed by atoms with E-state index in [0.717, 1.165) is 0 Å². The van der Waals surface area contributed by atoms with Crippen LogP contribution in [-0.2, 0) is 14.3 Å². The molecule has 0 aromatic carbocycles. The standard InChI is InChI=1S/C9H15BrO5/c1-4-7(12)8(13)6(15-9(4)10)3-14-5(2)11/h4,6-9,12-13H,3H2,1-2H3/t4?,6?,7?,8-,9?/m1/s1. The molecule has 0 aromatic heterocycles. The van der Waals surface area contributed by atoms with E-state index in [-0.39, 0.29) is 17.5 Å². The summed E-state index contributed by atoms with van der Waals surface area (Å²) in [5.74, 6) is -0.654. The van der Waals surface area contributed by atoms with Crippen LogP contribution in [0.1, 0.15) is 13.8 Å². The minimum atomic E-state index is -1.03. The van der Waals surface area contributed by atoms with Crippen LogP contribution in [0.2, 0.25) is 0 Å². The second-order valence-electron chi connectivity index (χ2n) is 3.67. The maximum atomic E-state index is 10.6. The Morgan fingerprint density at radius 3 is 2.60 bits per heavy atom. The molecular weight excluding hydrogens is 268 g/mol. The molecule has 1 saturated heterocycles. The number of hydrogen-bond acceptors (Lipinski definition) is 5. The smallest absolute Gasteiger partial charge is 0.302 e. The van der Waals surface area contributed by atoms with Gasteiger partial charge in [-0.1, -0.05) is 22.9 Å². The first-order valence-corrected chi connectivity index (χ1v) is 5.64. The van der Waals surface area contributed by atoms with E-state index < -0.39 is 24.3 Å². The molecule has 0 amide bonds. The molecular formula is C9H15BrO5.